The molecule has 5 heavy (non-hydrogen) atoms. The van der Waals surface area contributed by atoms with Crippen molar-refractivity contribution in [1.29, 1.82) is 0 Å². The molecule has 0 saturated heterocycles. The van der Waals surface area contributed by atoms with Crippen molar-refractivity contribution in [2.75, 3.05) is 0 Å². The zero-order valence-electron chi connectivity index (χ0n) is 2.29. The van der Waals surface area contributed by atoms with Crippen molar-refractivity contribution in [3.05, 3.63) is 0 Å². The molecule has 0 aliphatic heterocycles. The van der Waals surface area contributed by atoms with Gasteiger partial charge in [0.25, 0.3) is 0 Å². The van der Waals surface area contributed by atoms with E-state index in [2.05, 4.69) is 24.5 Å². The summed E-state index contributed by atoms with van der Waals surface area (Å²) in [4.78, 5) is 0. The summed E-state index contributed by atoms with van der Waals surface area (Å²) in [6.07, 6.45) is 0. The average molecular weight is 237 g/mol. The third-order valence-electron chi connectivity index (χ3n) is 0. The normalized spacial score (nSPS) is 2.40. The van der Waals surface area contributed by atoms with E-state index in [0.717, 1.165) is 0 Å². The molecule has 0 nitrogen and oxygen atoms in total. The van der Waals surface area contributed by atoms with Crippen LogP contribution < -0.4 is 0 Å². The van der Waals surface area contributed by atoms with Gasteiger partial charge in [-0.05, 0) is 0 Å². The maximum absolute atomic E-state index is 4.00. The predicted octanol–water partition coefficient (Wildman–Crippen LogP) is 0.644. The summed E-state index contributed by atoms with van der Waals surface area (Å²) in [7, 11) is 4.00. The van der Waals surface area contributed by atoms with E-state index in [-0.39, 0.29) is 20.4 Å². The van der Waals surface area contributed by atoms with Gasteiger partial charge in [-0.15, -0.1) is 0 Å². The van der Waals surface area contributed by atoms with Crippen molar-refractivity contribution >= 4 is 41.4 Å². The van der Waals surface area contributed by atoms with Gasteiger partial charge in [-0.2, -0.15) is 0 Å². The van der Waals surface area contributed by atoms with Gasteiger partial charge in [0.15, 0.2) is 0 Å². The molecule has 0 N–H and O–H groups in total. The van der Waals surface area contributed by atoms with Crippen LogP contribution in [0.5, 0.6) is 0 Å². The minimum Gasteiger partial charge on any atom is -0.765 e. The van der Waals surface area contributed by atoms with Gasteiger partial charge in [0, 0.05) is 0 Å². The molecule has 0 saturated carbocycles. The van der Waals surface area contributed by atoms with Crippen molar-refractivity contribution in [2.45, 2.75) is 0 Å². The van der Waals surface area contributed by atoms with E-state index < -0.39 is 0 Å². The molecule has 0 radical (unpaired) electrons. The molecule has 0 rings (SSSR count). The molecule has 2 atom stereocenters. The molecular formula is H4P2PdS2. The minimum absolute atomic E-state index is 0. The van der Waals surface area contributed by atoms with Crippen LogP contribution in [-0.2, 0) is 44.9 Å². The summed E-state index contributed by atoms with van der Waals surface area (Å²) in [5.41, 5.74) is 0. The molecule has 0 aromatic rings. The first-order valence-electron chi connectivity index (χ1n) is 0.471. The van der Waals surface area contributed by atoms with Crippen LogP contribution in [0.15, 0.2) is 0 Å². The van der Waals surface area contributed by atoms with Crippen molar-refractivity contribution in [1.82, 2.24) is 0 Å². The first-order chi connectivity index (χ1) is 2.00. The van der Waals surface area contributed by atoms with Gasteiger partial charge in [0.1, 0.15) is 0 Å². The van der Waals surface area contributed by atoms with Crippen molar-refractivity contribution < 1.29 is 20.4 Å². The number of rotatable bonds is 0. The molecule has 0 bridgehead atoms. The molecule has 0 amide bonds. The molecule has 0 fully saturated rings. The summed E-state index contributed by atoms with van der Waals surface area (Å²) in [6.45, 7) is 0. The van der Waals surface area contributed by atoms with Crippen LogP contribution in [-0.4, -0.2) is 0 Å². The predicted molar refractivity (Wildman–Crippen MR) is 34.2 cm³/mol. The Kier molecular flexibility index (Phi) is 108. The number of hydrogen-bond donors (Lipinski definition) is 0. The zero-order chi connectivity index (χ0) is 4.00. The Bertz CT molecular complexity index is 7.61. The summed E-state index contributed by atoms with van der Waals surface area (Å²) >= 11 is 8.00. The third-order valence-corrected chi connectivity index (χ3v) is 0. The van der Waals surface area contributed by atoms with Crippen LogP contribution in [0.3, 0.4) is 0 Å². The topological polar surface area (TPSA) is 0 Å². The van der Waals surface area contributed by atoms with E-state index in [9.17, 15) is 0 Å². The van der Waals surface area contributed by atoms with Gasteiger partial charge >= 0.3 is 20.4 Å². The molecule has 0 aromatic heterocycles. The van der Waals surface area contributed by atoms with Crippen LogP contribution >= 0.6 is 16.9 Å². The Labute approximate surface area is 61.6 Å². The maximum atomic E-state index is 4.00. The van der Waals surface area contributed by atoms with Crippen LogP contribution in [0.25, 0.3) is 0 Å². The van der Waals surface area contributed by atoms with E-state index in [1.54, 1.807) is 0 Å². The fraction of sp³-hybridized carbons (Fsp3) is 0. The van der Waals surface area contributed by atoms with Crippen LogP contribution in [0.2, 0.25) is 0 Å². The second-order valence-electron chi connectivity index (χ2n) is 0. The van der Waals surface area contributed by atoms with Crippen LogP contribution in [0, 0.1) is 0 Å². The standard InChI is InChI=1S/2H2PS.Pd/c2*1-2;/h2*1H2;/q2*-1;+2. The first-order valence-corrected chi connectivity index (χ1v) is 4.24. The van der Waals surface area contributed by atoms with Gasteiger partial charge in [-0.3, -0.25) is 16.9 Å². The monoisotopic (exact) mass is 236 g/mol. The summed E-state index contributed by atoms with van der Waals surface area (Å²) in [5, 5.41) is 0. The van der Waals surface area contributed by atoms with Crippen molar-refractivity contribution in [3.63, 3.8) is 0 Å². The smallest absolute Gasteiger partial charge is 0.765 e. The van der Waals surface area contributed by atoms with E-state index in [1.165, 1.54) is 0 Å². The van der Waals surface area contributed by atoms with Gasteiger partial charge in [-0.1, -0.05) is 0 Å². The molecule has 0 aromatic carbocycles. The van der Waals surface area contributed by atoms with E-state index in [1.807, 2.05) is 16.9 Å². The molecule has 0 heterocycles. The molecule has 0 aliphatic rings. The Morgan fingerprint density at radius 3 is 0.800 bits per heavy atom. The zero-order valence-corrected chi connectivity index (χ0v) is 7.78. The maximum Gasteiger partial charge on any atom is 2.00 e. The minimum atomic E-state index is 0. The largest absolute Gasteiger partial charge is 2.00 e. The molecular weight excluding hydrogens is 233 g/mol. The van der Waals surface area contributed by atoms with Crippen LogP contribution in [0.1, 0.15) is 0 Å². The third kappa shape index (κ3) is 22.5. The van der Waals surface area contributed by atoms with Crippen LogP contribution in [0.4, 0.5) is 0 Å². The van der Waals surface area contributed by atoms with E-state index >= 15 is 0 Å². The second kappa shape index (κ2) is 34.4. The van der Waals surface area contributed by atoms with E-state index in [4.69, 9.17) is 0 Å². The summed E-state index contributed by atoms with van der Waals surface area (Å²) in [6, 6.07) is 0. The first kappa shape index (κ1) is 15.7. The molecule has 0 spiro atoms. The fourth-order valence-corrected chi connectivity index (χ4v) is 0. The average Bonchev–Trinajstić information content (AvgIpc) is 1.50. The fourth-order valence-electron chi connectivity index (χ4n) is 0. The van der Waals surface area contributed by atoms with Gasteiger partial charge < -0.3 is 24.5 Å². The molecule has 0 aliphatic carbocycles. The number of hydrogen-bond acceptors (Lipinski definition) is 2. The van der Waals surface area contributed by atoms with E-state index in [0.29, 0.717) is 0 Å². The summed E-state index contributed by atoms with van der Waals surface area (Å²) < 4.78 is 0. The van der Waals surface area contributed by atoms with Crippen molar-refractivity contribution in [3.8, 4) is 0 Å². The molecule has 5 heteroatoms. The Morgan fingerprint density at radius 2 is 0.800 bits per heavy atom. The molecule has 36 valence electrons. The summed E-state index contributed by atoms with van der Waals surface area (Å²) in [5.74, 6) is 0. The van der Waals surface area contributed by atoms with Gasteiger partial charge in [0.05, 0.1) is 0 Å². The second-order valence-corrected chi connectivity index (χ2v) is 0. The Hall–Kier alpha value is 2.22. The molecule has 2 unspecified atom stereocenters. The van der Waals surface area contributed by atoms with Gasteiger partial charge in [0.2, 0.25) is 0 Å². The van der Waals surface area contributed by atoms with Gasteiger partial charge in [-0.25, -0.2) is 0 Å². The van der Waals surface area contributed by atoms with Crippen molar-refractivity contribution in [2.24, 2.45) is 0 Å². The Balaban J connectivity index is -0.0000000133. The SMILES string of the molecule is P[S-].P[S-].[Pd+2]. The quantitative estimate of drug-likeness (QED) is 0.344. The Morgan fingerprint density at radius 1 is 0.800 bits per heavy atom.